The van der Waals surface area contributed by atoms with Gasteiger partial charge in [-0.05, 0) is 18.2 Å². The quantitative estimate of drug-likeness (QED) is 0.742. The van der Waals surface area contributed by atoms with Gasteiger partial charge in [0.15, 0.2) is 4.84 Å². The lowest BCUT2D eigenvalue weighted by Gasteiger charge is -2.50. The Labute approximate surface area is 162 Å². The third-order valence-corrected chi connectivity index (χ3v) is 4.88. The number of hydrogen-bond donors (Lipinski definition) is 0. The summed E-state index contributed by atoms with van der Waals surface area (Å²) in [4.78, 5) is 29.0. The number of hydrogen-bond acceptors (Lipinski definition) is 3. The molecule has 26 heavy (non-hydrogen) atoms. The largest absolute Gasteiger partial charge is 0.329 e. The van der Waals surface area contributed by atoms with Crippen LogP contribution in [0.3, 0.4) is 0 Å². The Kier molecular flexibility index (Phi) is 5.51. The summed E-state index contributed by atoms with van der Waals surface area (Å²) in [6.07, 6.45) is -0.945. The predicted octanol–water partition coefficient (Wildman–Crippen LogP) is 4.01. The first kappa shape index (κ1) is 18.7. The van der Waals surface area contributed by atoms with Gasteiger partial charge in [0.05, 0.1) is 0 Å². The zero-order valence-electron chi connectivity index (χ0n) is 14.4. The minimum Gasteiger partial charge on any atom is -0.307 e. The molecule has 136 valence electrons. The average molecular weight is 392 g/mol. The lowest BCUT2D eigenvalue weighted by molar-refractivity contribution is -0.139. The number of rotatable bonds is 3. The highest BCUT2D eigenvalue weighted by Crippen LogP contribution is 2.39. The molecule has 3 rings (SSSR count). The smallest absolute Gasteiger partial charge is 0.307 e. The van der Waals surface area contributed by atoms with Crippen LogP contribution in [0.25, 0.3) is 0 Å². The van der Waals surface area contributed by atoms with Gasteiger partial charge in [-0.25, -0.2) is 9.69 Å². The second-order valence-corrected chi connectivity index (χ2v) is 7.23. The van der Waals surface area contributed by atoms with E-state index >= 15 is 0 Å². The normalized spacial score (nSPS) is 21.3. The van der Waals surface area contributed by atoms with Crippen LogP contribution >= 0.6 is 23.2 Å². The molecule has 1 saturated heterocycles. The van der Waals surface area contributed by atoms with Gasteiger partial charge in [0.25, 0.3) is 5.91 Å². The van der Waals surface area contributed by atoms with Gasteiger partial charge < -0.3 is 4.90 Å². The highest BCUT2D eigenvalue weighted by molar-refractivity contribution is 6.54. The number of urea groups is 1. The molecule has 3 amide bonds. The Morgan fingerprint density at radius 2 is 1.35 bits per heavy atom. The Bertz CT molecular complexity index is 786. The van der Waals surface area contributed by atoms with Crippen LogP contribution in [0.2, 0.25) is 0 Å². The Balaban J connectivity index is 2.11. The Morgan fingerprint density at radius 1 is 0.885 bits per heavy atom. The van der Waals surface area contributed by atoms with Gasteiger partial charge in [0.2, 0.25) is 0 Å². The number of nitrogens with zero attached hydrogens (tertiary/aromatic N) is 3. The van der Waals surface area contributed by atoms with E-state index in [4.69, 9.17) is 23.2 Å². The van der Waals surface area contributed by atoms with Crippen molar-refractivity contribution in [2.75, 3.05) is 14.1 Å². The van der Waals surface area contributed by atoms with Crippen molar-refractivity contribution in [1.29, 1.82) is 0 Å². The fourth-order valence-electron chi connectivity index (χ4n) is 3.38. The van der Waals surface area contributed by atoms with Gasteiger partial charge in [0.1, 0.15) is 12.3 Å². The van der Waals surface area contributed by atoms with Gasteiger partial charge in [-0.2, -0.15) is 0 Å². The van der Waals surface area contributed by atoms with Crippen LogP contribution in [0, 0.1) is 0 Å². The molecule has 1 aliphatic rings. The van der Waals surface area contributed by atoms with Crippen molar-refractivity contribution in [2.45, 2.75) is 17.2 Å². The third kappa shape index (κ3) is 3.30. The molecule has 2 aromatic rings. The van der Waals surface area contributed by atoms with E-state index in [0.717, 1.165) is 16.0 Å². The van der Waals surface area contributed by atoms with E-state index in [1.165, 1.54) is 4.90 Å². The fourth-order valence-corrected chi connectivity index (χ4v) is 3.59. The van der Waals surface area contributed by atoms with E-state index in [2.05, 4.69) is 0 Å². The first-order valence-electron chi connectivity index (χ1n) is 8.13. The van der Waals surface area contributed by atoms with E-state index in [1.807, 2.05) is 72.6 Å². The number of halogens is 2. The van der Waals surface area contributed by atoms with Crippen molar-refractivity contribution in [3.63, 3.8) is 0 Å². The molecule has 0 N–H and O–H groups in total. The van der Waals surface area contributed by atoms with E-state index < -0.39 is 22.9 Å². The summed E-state index contributed by atoms with van der Waals surface area (Å²) in [5, 5.41) is 0. The summed E-state index contributed by atoms with van der Waals surface area (Å²) in [5.41, 5.74) is 1.76. The van der Waals surface area contributed by atoms with Crippen molar-refractivity contribution in [2.24, 2.45) is 0 Å². The van der Waals surface area contributed by atoms with Gasteiger partial charge in [0, 0.05) is 7.05 Å². The maximum absolute atomic E-state index is 13.1. The van der Waals surface area contributed by atoms with Crippen molar-refractivity contribution in [3.8, 4) is 0 Å². The molecule has 1 fully saturated rings. The molecule has 0 bridgehead atoms. The monoisotopic (exact) mass is 391 g/mol. The Hall–Kier alpha value is -2.08. The Morgan fingerprint density at radius 3 is 1.81 bits per heavy atom. The lowest BCUT2D eigenvalue weighted by atomic mass is 10.0. The topological polar surface area (TPSA) is 43.9 Å². The molecule has 1 heterocycles. The fraction of sp³-hybridized carbons (Fsp3) is 0.263. The van der Waals surface area contributed by atoms with Gasteiger partial charge in [-0.1, -0.05) is 83.9 Å². The summed E-state index contributed by atoms with van der Waals surface area (Å²) in [6, 6.07) is 18.6. The first-order valence-corrected chi connectivity index (χ1v) is 9.00. The van der Waals surface area contributed by atoms with Crippen LogP contribution < -0.4 is 0 Å². The van der Waals surface area contributed by atoms with Crippen LogP contribution in [0.5, 0.6) is 0 Å². The van der Waals surface area contributed by atoms with Gasteiger partial charge in [-0.3, -0.25) is 9.69 Å². The summed E-state index contributed by atoms with van der Waals surface area (Å²) in [5.74, 6) is -0.641. The zero-order chi connectivity index (χ0) is 18.8. The standard InChI is InChI=1S/C19H19Cl2N3O2/c1-22-16(13-9-5-3-6-10-13)23(2)19(26)24(18(25)15(20)21)17(22)14-11-7-4-8-12-14/h3-12,15-17H,1-2H3. The van der Waals surface area contributed by atoms with Crippen molar-refractivity contribution in [1.82, 2.24) is 14.7 Å². The van der Waals surface area contributed by atoms with Crippen molar-refractivity contribution >= 4 is 35.1 Å². The van der Waals surface area contributed by atoms with Crippen LogP contribution in [0.1, 0.15) is 23.5 Å². The number of carbonyl (C=O) groups excluding carboxylic acids is 2. The molecule has 0 aromatic heterocycles. The average Bonchev–Trinajstić information content (AvgIpc) is 2.65. The lowest BCUT2D eigenvalue weighted by Crippen LogP contribution is -2.61. The molecule has 5 nitrogen and oxygen atoms in total. The number of amides is 3. The van der Waals surface area contributed by atoms with Crippen LogP contribution in [-0.2, 0) is 4.79 Å². The molecule has 0 aliphatic carbocycles. The molecule has 0 spiro atoms. The van der Waals surface area contributed by atoms with E-state index in [9.17, 15) is 9.59 Å². The molecule has 0 saturated carbocycles. The first-order chi connectivity index (χ1) is 12.4. The number of alkyl halides is 2. The van der Waals surface area contributed by atoms with E-state index in [0.29, 0.717) is 0 Å². The van der Waals surface area contributed by atoms with E-state index in [1.54, 1.807) is 7.05 Å². The summed E-state index contributed by atoms with van der Waals surface area (Å²) in [6.45, 7) is 0. The second kappa shape index (κ2) is 7.66. The molecule has 2 unspecified atom stereocenters. The minimum absolute atomic E-state index is 0.331. The van der Waals surface area contributed by atoms with Crippen LogP contribution in [-0.4, -0.2) is 45.6 Å². The molecule has 0 radical (unpaired) electrons. The van der Waals surface area contributed by atoms with E-state index in [-0.39, 0.29) is 6.17 Å². The summed E-state index contributed by atoms with van der Waals surface area (Å²) < 4.78 is 0. The predicted molar refractivity (Wildman–Crippen MR) is 102 cm³/mol. The molecule has 7 heteroatoms. The number of imide groups is 1. The SMILES string of the molecule is CN1C(=O)N(C(=O)C(Cl)Cl)C(c2ccccc2)N(C)C1c1ccccc1. The zero-order valence-corrected chi connectivity index (χ0v) is 15.9. The molecule has 2 atom stereocenters. The van der Waals surface area contributed by atoms with Crippen LogP contribution in [0.15, 0.2) is 60.7 Å². The molecular formula is C19H19Cl2N3O2. The number of benzene rings is 2. The summed E-state index contributed by atoms with van der Waals surface area (Å²) >= 11 is 11.6. The highest BCUT2D eigenvalue weighted by atomic mass is 35.5. The second-order valence-electron chi connectivity index (χ2n) is 6.14. The maximum atomic E-state index is 13.1. The maximum Gasteiger partial charge on any atom is 0.329 e. The van der Waals surface area contributed by atoms with Crippen molar-refractivity contribution < 1.29 is 9.59 Å². The summed E-state index contributed by atoms with van der Waals surface area (Å²) in [7, 11) is 3.53. The van der Waals surface area contributed by atoms with Crippen LogP contribution in [0.4, 0.5) is 4.79 Å². The van der Waals surface area contributed by atoms with Gasteiger partial charge in [-0.15, -0.1) is 0 Å². The molecular weight excluding hydrogens is 373 g/mol. The van der Waals surface area contributed by atoms with Gasteiger partial charge >= 0.3 is 6.03 Å². The molecule has 2 aromatic carbocycles. The third-order valence-electron chi connectivity index (χ3n) is 4.51. The number of carbonyl (C=O) groups is 2. The van der Waals surface area contributed by atoms with Crippen molar-refractivity contribution in [3.05, 3.63) is 71.8 Å². The minimum atomic E-state index is -1.32. The highest BCUT2D eigenvalue weighted by Gasteiger charge is 2.46. The molecule has 1 aliphatic heterocycles.